The molecular weight excluding hydrogens is 252 g/mol. The number of anilines is 1. The Bertz CT molecular complexity index is 472. The van der Waals surface area contributed by atoms with E-state index in [1.165, 1.54) is 25.7 Å². The van der Waals surface area contributed by atoms with Crippen LogP contribution in [0.4, 0.5) is 5.69 Å². The summed E-state index contributed by atoms with van der Waals surface area (Å²) in [6.07, 6.45) is 6.31. The average Bonchev–Trinajstić information content (AvgIpc) is 2.65. The van der Waals surface area contributed by atoms with Gasteiger partial charge in [0.05, 0.1) is 11.4 Å². The van der Waals surface area contributed by atoms with Crippen molar-refractivity contribution < 1.29 is 4.79 Å². The molecule has 1 amide bonds. The second-order valence-corrected chi connectivity index (χ2v) is 6.14. The fraction of sp³-hybridized carbons (Fsp3) is 0.733. The molecule has 5 heteroatoms. The first-order valence-corrected chi connectivity index (χ1v) is 7.56. The number of nitrogen functional groups attached to an aromatic ring is 1. The quantitative estimate of drug-likeness (QED) is 0.887. The highest BCUT2D eigenvalue weighted by molar-refractivity contribution is 5.97. The van der Waals surface area contributed by atoms with Gasteiger partial charge in [0.2, 0.25) is 0 Å². The van der Waals surface area contributed by atoms with Gasteiger partial charge in [-0.1, -0.05) is 32.6 Å². The number of aromatic nitrogens is 2. The van der Waals surface area contributed by atoms with Crippen molar-refractivity contribution in [2.24, 2.45) is 18.9 Å². The highest BCUT2D eigenvalue weighted by Crippen LogP contribution is 2.29. The molecule has 112 valence electrons. The minimum atomic E-state index is -0.116. The summed E-state index contributed by atoms with van der Waals surface area (Å²) in [5.41, 5.74) is 7.55. The Kier molecular flexibility index (Phi) is 4.68. The van der Waals surface area contributed by atoms with E-state index in [1.807, 2.05) is 6.92 Å². The molecule has 2 rings (SSSR count). The first-order valence-electron chi connectivity index (χ1n) is 7.56. The highest BCUT2D eigenvalue weighted by atomic mass is 16.2. The van der Waals surface area contributed by atoms with Crippen LogP contribution in [0.25, 0.3) is 0 Å². The predicted octanol–water partition coefficient (Wildman–Crippen LogP) is 2.26. The van der Waals surface area contributed by atoms with Crippen LogP contribution in [0.1, 0.15) is 55.2 Å². The van der Waals surface area contributed by atoms with Crippen LogP contribution in [0.15, 0.2) is 0 Å². The Morgan fingerprint density at radius 1 is 1.40 bits per heavy atom. The number of hydrogen-bond donors (Lipinski definition) is 2. The van der Waals surface area contributed by atoms with Gasteiger partial charge in [-0.25, -0.2) is 0 Å². The number of nitrogens with one attached hydrogen (secondary N) is 1. The van der Waals surface area contributed by atoms with E-state index in [4.69, 9.17) is 5.73 Å². The monoisotopic (exact) mass is 278 g/mol. The number of nitrogens with zero attached hydrogens (tertiary/aromatic N) is 2. The van der Waals surface area contributed by atoms with Gasteiger partial charge in [0, 0.05) is 13.6 Å². The fourth-order valence-electron chi connectivity index (χ4n) is 3.04. The van der Waals surface area contributed by atoms with Crippen LogP contribution in [0.2, 0.25) is 0 Å². The fourth-order valence-corrected chi connectivity index (χ4v) is 3.04. The molecule has 1 saturated carbocycles. The van der Waals surface area contributed by atoms with Crippen LogP contribution in [0.5, 0.6) is 0 Å². The molecule has 1 aromatic heterocycles. The molecule has 1 fully saturated rings. The maximum atomic E-state index is 12.1. The number of carbonyl (C=O) groups excluding carboxylic acids is 1. The average molecular weight is 278 g/mol. The van der Waals surface area contributed by atoms with Crippen LogP contribution in [0.3, 0.4) is 0 Å². The van der Waals surface area contributed by atoms with E-state index in [-0.39, 0.29) is 5.91 Å². The Hall–Kier alpha value is -1.52. The van der Waals surface area contributed by atoms with Gasteiger partial charge in [-0.3, -0.25) is 9.48 Å². The highest BCUT2D eigenvalue weighted by Gasteiger charge is 2.20. The van der Waals surface area contributed by atoms with Crippen LogP contribution >= 0.6 is 0 Å². The second kappa shape index (κ2) is 6.29. The van der Waals surface area contributed by atoms with Gasteiger partial charge >= 0.3 is 0 Å². The number of amides is 1. The topological polar surface area (TPSA) is 72.9 Å². The molecular formula is C15H26N4O. The van der Waals surface area contributed by atoms with Crippen molar-refractivity contribution in [3.8, 4) is 0 Å². The maximum Gasteiger partial charge on any atom is 0.271 e. The standard InChI is InChI=1S/C15H26N4O/c1-10-4-6-12(7-5-10)8-9-17-15(20)14-13(16)11(2)18-19(14)3/h10,12H,4-9,16H2,1-3H3,(H,17,20). The summed E-state index contributed by atoms with van der Waals surface area (Å²) in [6.45, 7) is 4.86. The van der Waals surface area contributed by atoms with E-state index < -0.39 is 0 Å². The summed E-state index contributed by atoms with van der Waals surface area (Å²) in [5, 5.41) is 7.14. The van der Waals surface area contributed by atoms with E-state index in [1.54, 1.807) is 11.7 Å². The molecule has 0 atom stereocenters. The van der Waals surface area contributed by atoms with Gasteiger partial charge in [-0.15, -0.1) is 0 Å². The number of rotatable bonds is 4. The van der Waals surface area contributed by atoms with Crippen molar-refractivity contribution in [3.63, 3.8) is 0 Å². The molecule has 1 heterocycles. The zero-order valence-electron chi connectivity index (χ0n) is 12.8. The normalized spacial score (nSPS) is 22.8. The molecule has 0 unspecified atom stereocenters. The molecule has 20 heavy (non-hydrogen) atoms. The Morgan fingerprint density at radius 2 is 2.05 bits per heavy atom. The van der Waals surface area contributed by atoms with Gasteiger partial charge in [0.15, 0.2) is 0 Å². The molecule has 0 bridgehead atoms. The van der Waals surface area contributed by atoms with Gasteiger partial charge in [-0.2, -0.15) is 5.10 Å². The first kappa shape index (κ1) is 14.9. The lowest BCUT2D eigenvalue weighted by atomic mass is 9.81. The van der Waals surface area contributed by atoms with Crippen molar-refractivity contribution in [3.05, 3.63) is 11.4 Å². The third-order valence-electron chi connectivity index (χ3n) is 4.46. The molecule has 1 aliphatic rings. The summed E-state index contributed by atoms with van der Waals surface area (Å²) in [7, 11) is 1.75. The number of nitrogens with two attached hydrogens (primary N) is 1. The largest absolute Gasteiger partial charge is 0.395 e. The SMILES string of the molecule is Cc1nn(C)c(C(=O)NCCC2CCC(C)CC2)c1N. The third-order valence-corrected chi connectivity index (χ3v) is 4.46. The van der Waals surface area contributed by atoms with Crippen molar-refractivity contribution in [1.29, 1.82) is 0 Å². The van der Waals surface area contributed by atoms with E-state index in [0.717, 1.165) is 24.8 Å². The summed E-state index contributed by atoms with van der Waals surface area (Å²) >= 11 is 0. The molecule has 0 saturated heterocycles. The minimum absolute atomic E-state index is 0.116. The molecule has 1 aromatic rings. The van der Waals surface area contributed by atoms with Crippen molar-refractivity contribution in [2.75, 3.05) is 12.3 Å². The molecule has 0 aromatic carbocycles. The second-order valence-electron chi connectivity index (χ2n) is 6.14. The van der Waals surface area contributed by atoms with Crippen LogP contribution < -0.4 is 11.1 Å². The maximum absolute atomic E-state index is 12.1. The predicted molar refractivity (Wildman–Crippen MR) is 80.4 cm³/mol. The number of carbonyl (C=O) groups is 1. The first-order chi connectivity index (χ1) is 9.49. The summed E-state index contributed by atoms with van der Waals surface area (Å²) in [4.78, 5) is 12.1. The van der Waals surface area contributed by atoms with Crippen LogP contribution in [-0.2, 0) is 7.05 Å². The van der Waals surface area contributed by atoms with Gasteiger partial charge in [0.25, 0.3) is 5.91 Å². The third kappa shape index (κ3) is 3.32. The lowest BCUT2D eigenvalue weighted by Gasteiger charge is -2.26. The molecule has 0 spiro atoms. The lowest BCUT2D eigenvalue weighted by Crippen LogP contribution is -2.29. The molecule has 0 aliphatic heterocycles. The molecule has 0 radical (unpaired) electrons. The van der Waals surface area contributed by atoms with Gasteiger partial charge < -0.3 is 11.1 Å². The summed E-state index contributed by atoms with van der Waals surface area (Å²) < 4.78 is 1.56. The number of aryl methyl sites for hydroxylation is 2. The Morgan fingerprint density at radius 3 is 2.60 bits per heavy atom. The Balaban J connectivity index is 1.81. The van der Waals surface area contributed by atoms with Crippen LogP contribution in [-0.4, -0.2) is 22.2 Å². The number of hydrogen-bond acceptors (Lipinski definition) is 3. The van der Waals surface area contributed by atoms with E-state index in [9.17, 15) is 4.79 Å². The molecule has 1 aliphatic carbocycles. The zero-order valence-corrected chi connectivity index (χ0v) is 12.8. The summed E-state index contributed by atoms with van der Waals surface area (Å²) in [6, 6.07) is 0. The lowest BCUT2D eigenvalue weighted by molar-refractivity contribution is 0.0941. The molecule has 3 N–H and O–H groups in total. The van der Waals surface area contributed by atoms with Crippen molar-refractivity contribution >= 4 is 11.6 Å². The molecule has 5 nitrogen and oxygen atoms in total. The van der Waals surface area contributed by atoms with E-state index in [0.29, 0.717) is 17.1 Å². The van der Waals surface area contributed by atoms with E-state index >= 15 is 0 Å². The van der Waals surface area contributed by atoms with Crippen molar-refractivity contribution in [2.45, 2.75) is 46.0 Å². The van der Waals surface area contributed by atoms with E-state index in [2.05, 4.69) is 17.3 Å². The smallest absolute Gasteiger partial charge is 0.271 e. The van der Waals surface area contributed by atoms with Crippen molar-refractivity contribution in [1.82, 2.24) is 15.1 Å². The summed E-state index contributed by atoms with van der Waals surface area (Å²) in [5.74, 6) is 1.52. The van der Waals surface area contributed by atoms with Gasteiger partial charge in [0.1, 0.15) is 5.69 Å². The van der Waals surface area contributed by atoms with Gasteiger partial charge in [-0.05, 0) is 25.2 Å². The Labute approximate surface area is 120 Å². The zero-order chi connectivity index (χ0) is 14.7. The van der Waals surface area contributed by atoms with Crippen LogP contribution in [0, 0.1) is 18.8 Å². The minimum Gasteiger partial charge on any atom is -0.395 e.